The molecule has 2 rings (SSSR count). The van der Waals surface area contributed by atoms with Crippen molar-refractivity contribution in [3.63, 3.8) is 0 Å². The van der Waals surface area contributed by atoms with Gasteiger partial charge in [-0.15, -0.1) is 0 Å². The van der Waals surface area contributed by atoms with Crippen molar-refractivity contribution in [3.8, 4) is 0 Å². The molecule has 0 aliphatic heterocycles. The van der Waals surface area contributed by atoms with E-state index in [1.165, 1.54) is 4.68 Å². The molecule has 0 saturated heterocycles. The molecule has 1 heterocycles. The zero-order valence-corrected chi connectivity index (χ0v) is 11.4. The number of aromatic nitrogens is 2. The molecule has 20 heavy (non-hydrogen) atoms. The molecule has 6 heteroatoms. The molecule has 0 atom stereocenters. The topological polar surface area (TPSA) is 34.9 Å². The maximum Gasteiger partial charge on any atom is 0.282 e. The molecule has 1 aromatic carbocycles. The number of rotatable bonds is 6. The largest absolute Gasteiger partial charge is 0.298 e. The Morgan fingerprint density at radius 1 is 1.30 bits per heavy atom. The molecule has 0 fully saturated rings. The van der Waals surface area contributed by atoms with Crippen molar-refractivity contribution in [3.05, 3.63) is 52.3 Å². The van der Waals surface area contributed by atoms with E-state index in [0.717, 1.165) is 12.0 Å². The van der Waals surface area contributed by atoms with Gasteiger partial charge in [-0.3, -0.25) is 9.48 Å². The molecule has 0 spiro atoms. The van der Waals surface area contributed by atoms with E-state index in [-0.39, 0.29) is 10.7 Å². The standard InChI is InChI=1S/C14H13ClF2N2O/c15-13-11(9-20)12(14(16)17)18-19(13)8-4-7-10-5-2-1-3-6-10/h1-3,5-6,9,14H,4,7-8H2. The van der Waals surface area contributed by atoms with Crippen molar-refractivity contribution in [2.75, 3.05) is 0 Å². The van der Waals surface area contributed by atoms with Crippen LogP contribution in [0.5, 0.6) is 0 Å². The van der Waals surface area contributed by atoms with Crippen LogP contribution in [0.15, 0.2) is 30.3 Å². The van der Waals surface area contributed by atoms with Gasteiger partial charge in [0.05, 0.1) is 5.56 Å². The average molecular weight is 299 g/mol. The molecule has 0 amide bonds. The molecule has 0 N–H and O–H groups in total. The Morgan fingerprint density at radius 3 is 2.55 bits per heavy atom. The van der Waals surface area contributed by atoms with Gasteiger partial charge in [-0.2, -0.15) is 5.10 Å². The number of aryl methyl sites for hydroxylation is 2. The third-order valence-electron chi connectivity index (χ3n) is 2.96. The van der Waals surface area contributed by atoms with E-state index in [1.54, 1.807) is 0 Å². The van der Waals surface area contributed by atoms with Gasteiger partial charge >= 0.3 is 0 Å². The number of benzene rings is 1. The van der Waals surface area contributed by atoms with Crippen LogP contribution in [0.2, 0.25) is 5.15 Å². The Hall–Kier alpha value is -1.75. The maximum absolute atomic E-state index is 12.7. The first kappa shape index (κ1) is 14.7. The molecule has 0 aliphatic carbocycles. The fraction of sp³-hybridized carbons (Fsp3) is 0.286. The number of nitrogens with zero attached hydrogens (tertiary/aromatic N) is 2. The summed E-state index contributed by atoms with van der Waals surface area (Å²) in [6, 6.07) is 9.79. The van der Waals surface area contributed by atoms with Crippen molar-refractivity contribution >= 4 is 17.9 Å². The summed E-state index contributed by atoms with van der Waals surface area (Å²) in [4.78, 5) is 10.8. The van der Waals surface area contributed by atoms with Crippen LogP contribution in [0.1, 0.15) is 34.5 Å². The van der Waals surface area contributed by atoms with Gasteiger partial charge in [0.2, 0.25) is 0 Å². The van der Waals surface area contributed by atoms with Crippen molar-refractivity contribution in [1.82, 2.24) is 9.78 Å². The van der Waals surface area contributed by atoms with Gasteiger partial charge in [0, 0.05) is 6.54 Å². The second-order valence-corrected chi connectivity index (χ2v) is 4.68. The molecule has 0 bridgehead atoms. The molecule has 3 nitrogen and oxygen atoms in total. The van der Waals surface area contributed by atoms with Crippen LogP contribution in [0.3, 0.4) is 0 Å². The Morgan fingerprint density at radius 2 is 2.00 bits per heavy atom. The molecular formula is C14H13ClF2N2O. The summed E-state index contributed by atoms with van der Waals surface area (Å²) in [6.07, 6.45) is -0.989. The first-order valence-corrected chi connectivity index (χ1v) is 6.54. The quantitative estimate of drug-likeness (QED) is 0.758. The number of halogens is 3. The smallest absolute Gasteiger partial charge is 0.282 e. The van der Waals surface area contributed by atoms with Crippen LogP contribution >= 0.6 is 11.6 Å². The van der Waals surface area contributed by atoms with Crippen LogP contribution in [-0.4, -0.2) is 16.1 Å². The first-order valence-electron chi connectivity index (χ1n) is 6.17. The minimum Gasteiger partial charge on any atom is -0.298 e. The lowest BCUT2D eigenvalue weighted by Gasteiger charge is -2.03. The van der Waals surface area contributed by atoms with E-state index in [1.807, 2.05) is 30.3 Å². The zero-order chi connectivity index (χ0) is 14.5. The number of hydrogen-bond acceptors (Lipinski definition) is 2. The predicted octanol–water partition coefficient (Wildman–Crippen LogP) is 3.92. The van der Waals surface area contributed by atoms with E-state index in [2.05, 4.69) is 5.10 Å². The van der Waals surface area contributed by atoms with Crippen LogP contribution in [-0.2, 0) is 13.0 Å². The highest BCUT2D eigenvalue weighted by Crippen LogP contribution is 2.26. The lowest BCUT2D eigenvalue weighted by molar-refractivity contribution is 0.110. The van der Waals surface area contributed by atoms with Crippen molar-refractivity contribution in [2.45, 2.75) is 25.8 Å². The SMILES string of the molecule is O=Cc1c(C(F)F)nn(CCCc2ccccc2)c1Cl. The van der Waals surface area contributed by atoms with E-state index in [0.29, 0.717) is 19.3 Å². The Labute approximate surface area is 120 Å². The second-order valence-electron chi connectivity index (χ2n) is 4.32. The zero-order valence-electron chi connectivity index (χ0n) is 10.6. The van der Waals surface area contributed by atoms with E-state index in [9.17, 15) is 13.6 Å². The molecule has 0 radical (unpaired) electrons. The fourth-order valence-electron chi connectivity index (χ4n) is 1.97. The monoisotopic (exact) mass is 298 g/mol. The predicted molar refractivity (Wildman–Crippen MR) is 72.3 cm³/mol. The number of carbonyl (C=O) groups excluding carboxylic acids is 1. The van der Waals surface area contributed by atoms with Crippen LogP contribution in [0.25, 0.3) is 0 Å². The highest BCUT2D eigenvalue weighted by molar-refractivity contribution is 6.32. The third kappa shape index (κ3) is 3.22. The third-order valence-corrected chi connectivity index (χ3v) is 3.35. The summed E-state index contributed by atoms with van der Waals surface area (Å²) < 4.78 is 26.7. The molecule has 0 aliphatic rings. The molecule has 0 unspecified atom stereocenters. The number of aldehydes is 1. The Balaban J connectivity index is 2.05. The van der Waals surface area contributed by atoms with Crippen LogP contribution < -0.4 is 0 Å². The molecule has 106 valence electrons. The maximum atomic E-state index is 12.7. The summed E-state index contributed by atoms with van der Waals surface area (Å²) in [5, 5.41) is 3.69. The van der Waals surface area contributed by atoms with Crippen molar-refractivity contribution in [2.24, 2.45) is 0 Å². The Kier molecular flexibility index (Phi) is 4.84. The summed E-state index contributed by atoms with van der Waals surface area (Å²) in [6.45, 7) is 0.390. The highest BCUT2D eigenvalue weighted by atomic mass is 35.5. The number of carbonyl (C=O) groups is 1. The van der Waals surface area contributed by atoms with Crippen molar-refractivity contribution in [1.29, 1.82) is 0 Å². The van der Waals surface area contributed by atoms with Gasteiger partial charge < -0.3 is 0 Å². The minimum atomic E-state index is -2.80. The summed E-state index contributed by atoms with van der Waals surface area (Å²) >= 11 is 5.89. The van der Waals surface area contributed by atoms with Crippen LogP contribution in [0.4, 0.5) is 8.78 Å². The summed E-state index contributed by atoms with van der Waals surface area (Å²) in [5.74, 6) is 0. The normalized spacial score (nSPS) is 11.0. The lowest BCUT2D eigenvalue weighted by Crippen LogP contribution is -2.02. The van der Waals surface area contributed by atoms with Gasteiger partial charge in [0.25, 0.3) is 6.43 Å². The Bertz CT molecular complexity index is 584. The second kappa shape index (κ2) is 6.61. The number of alkyl halides is 2. The van der Waals surface area contributed by atoms with Gasteiger partial charge in [-0.05, 0) is 18.4 Å². The van der Waals surface area contributed by atoms with E-state index >= 15 is 0 Å². The van der Waals surface area contributed by atoms with E-state index in [4.69, 9.17) is 11.6 Å². The summed E-state index contributed by atoms with van der Waals surface area (Å²) in [7, 11) is 0. The highest BCUT2D eigenvalue weighted by Gasteiger charge is 2.22. The van der Waals surface area contributed by atoms with Crippen molar-refractivity contribution < 1.29 is 13.6 Å². The molecule has 0 saturated carbocycles. The molecule has 1 aromatic heterocycles. The minimum absolute atomic E-state index is 0.0247. The van der Waals surface area contributed by atoms with Crippen LogP contribution in [0, 0.1) is 0 Å². The first-order chi connectivity index (χ1) is 9.63. The van der Waals surface area contributed by atoms with Gasteiger partial charge in [0.15, 0.2) is 6.29 Å². The van der Waals surface area contributed by atoms with Gasteiger partial charge in [-0.1, -0.05) is 41.9 Å². The lowest BCUT2D eigenvalue weighted by atomic mass is 10.1. The van der Waals surface area contributed by atoms with Gasteiger partial charge in [-0.25, -0.2) is 8.78 Å². The fourth-order valence-corrected chi connectivity index (χ4v) is 2.23. The molecule has 2 aromatic rings. The van der Waals surface area contributed by atoms with Gasteiger partial charge in [0.1, 0.15) is 10.8 Å². The molecular weight excluding hydrogens is 286 g/mol. The average Bonchev–Trinajstić information content (AvgIpc) is 2.77. The number of hydrogen-bond donors (Lipinski definition) is 0. The summed E-state index contributed by atoms with van der Waals surface area (Å²) in [5.41, 5.74) is 0.381. The van der Waals surface area contributed by atoms with E-state index < -0.39 is 12.1 Å².